The van der Waals surface area contributed by atoms with Crippen LogP contribution in [0.15, 0.2) is 144 Å². The highest BCUT2D eigenvalue weighted by Gasteiger charge is 2.23. The first kappa shape index (κ1) is 28.4. The Morgan fingerprint density at radius 3 is 1.44 bits per heavy atom. The molecule has 5 aromatic rings. The Morgan fingerprint density at radius 2 is 0.974 bits per heavy atom. The van der Waals surface area contributed by atoms with Crippen LogP contribution >= 0.6 is 11.8 Å². The molecule has 1 unspecified atom stereocenters. The summed E-state index contributed by atoms with van der Waals surface area (Å²) in [6.45, 7) is 0. The minimum atomic E-state index is 0.0414. The van der Waals surface area contributed by atoms with Crippen molar-refractivity contribution in [2.45, 2.75) is 27.9 Å². The average molecular weight is 552 g/mol. The van der Waals surface area contributed by atoms with Crippen molar-refractivity contribution in [3.63, 3.8) is 0 Å². The molecule has 4 heteroatoms. The summed E-state index contributed by atoms with van der Waals surface area (Å²) >= 11 is 1.96. The second-order valence-corrected chi connectivity index (χ2v) is 12.1. The predicted octanol–water partition coefficient (Wildman–Crippen LogP) is 8.90. The molecule has 5 rings (SSSR count). The first-order valence-corrected chi connectivity index (χ1v) is 15.7. The topological polar surface area (TPSA) is 29.5 Å². The van der Waals surface area contributed by atoms with Crippen LogP contribution in [0.1, 0.15) is 22.3 Å². The molecule has 0 aliphatic heterocycles. The number of benzene rings is 5. The van der Waals surface area contributed by atoms with E-state index in [9.17, 15) is 5.11 Å². The molecule has 5 aromatic carbocycles. The van der Waals surface area contributed by atoms with Crippen LogP contribution in [0.5, 0.6) is 11.5 Å². The maximum atomic E-state index is 9.56. The Labute approximate surface area is 240 Å². The van der Waals surface area contributed by atoms with Gasteiger partial charge in [0.1, 0.15) is 23.0 Å². The van der Waals surface area contributed by atoms with Gasteiger partial charge < -0.3 is 9.84 Å². The molecule has 0 aliphatic carbocycles. The standard InChI is InChI=1S/C21H20O2S.C14H14S/c1-23-20-11-7-18(8-12-20)16-24(15-17-5-3-2-4-6-17)21-13-9-19(22)10-14-21;1-3-7-13(8-4-1)11-15-12-14-9-5-2-6-10-14/h2-14H,15-16H2,1H3;1-10H,11-12H2/p+1. The molecule has 1 N–H and O–H groups in total. The van der Waals surface area contributed by atoms with E-state index in [-0.39, 0.29) is 10.9 Å². The van der Waals surface area contributed by atoms with Gasteiger partial charge in [-0.25, -0.2) is 0 Å². The summed E-state index contributed by atoms with van der Waals surface area (Å²) < 4.78 is 5.24. The quantitative estimate of drug-likeness (QED) is 0.176. The lowest BCUT2D eigenvalue weighted by Crippen LogP contribution is -2.09. The zero-order valence-electron chi connectivity index (χ0n) is 22.3. The third-order valence-electron chi connectivity index (χ3n) is 6.08. The Morgan fingerprint density at radius 1 is 0.538 bits per heavy atom. The molecule has 0 aromatic heterocycles. The Balaban J connectivity index is 0.000000202. The first-order chi connectivity index (χ1) is 19.2. The number of phenolic OH excluding ortho intramolecular Hbond substituents is 1. The number of hydrogen-bond acceptors (Lipinski definition) is 3. The molecule has 0 saturated carbocycles. The minimum Gasteiger partial charge on any atom is -0.508 e. The molecule has 0 heterocycles. The molecule has 2 nitrogen and oxygen atoms in total. The Hall–Kier alpha value is -3.60. The van der Waals surface area contributed by atoms with Crippen LogP contribution in [0.25, 0.3) is 0 Å². The average Bonchev–Trinajstić information content (AvgIpc) is 3.00. The molecule has 1 atom stereocenters. The first-order valence-electron chi connectivity index (χ1n) is 13.0. The molecule has 198 valence electrons. The van der Waals surface area contributed by atoms with Gasteiger partial charge in [-0.05, 0) is 47.5 Å². The maximum Gasteiger partial charge on any atom is 0.155 e. The molecule has 0 bridgehead atoms. The molecule has 0 spiro atoms. The minimum absolute atomic E-state index is 0.0414. The van der Waals surface area contributed by atoms with E-state index in [1.54, 1.807) is 19.2 Å². The van der Waals surface area contributed by atoms with Gasteiger partial charge in [0.15, 0.2) is 4.90 Å². The zero-order chi connectivity index (χ0) is 27.1. The van der Waals surface area contributed by atoms with Crippen LogP contribution in [0.4, 0.5) is 0 Å². The van der Waals surface area contributed by atoms with Gasteiger partial charge in [0.05, 0.1) is 7.11 Å². The summed E-state index contributed by atoms with van der Waals surface area (Å²) in [5.41, 5.74) is 5.43. The van der Waals surface area contributed by atoms with Crippen molar-refractivity contribution in [2.75, 3.05) is 7.11 Å². The highest BCUT2D eigenvalue weighted by molar-refractivity contribution is 7.97. The molecule has 39 heavy (non-hydrogen) atoms. The Kier molecular flexibility index (Phi) is 11.5. The molecule has 0 fully saturated rings. The SMILES string of the molecule is COc1ccc(C[S+](Cc2ccccc2)c2ccc(O)cc2)cc1.c1ccc(CSCc2ccccc2)cc1. The number of thioether (sulfide) groups is 1. The van der Waals surface area contributed by atoms with Crippen molar-refractivity contribution in [1.82, 2.24) is 0 Å². The second kappa shape index (κ2) is 15.7. The summed E-state index contributed by atoms with van der Waals surface area (Å²) in [4.78, 5) is 1.27. The van der Waals surface area contributed by atoms with Crippen molar-refractivity contribution in [3.05, 3.63) is 162 Å². The van der Waals surface area contributed by atoms with Crippen molar-refractivity contribution < 1.29 is 9.84 Å². The van der Waals surface area contributed by atoms with Crippen LogP contribution in [0.3, 0.4) is 0 Å². The van der Waals surface area contributed by atoms with Gasteiger partial charge in [0, 0.05) is 33.5 Å². The van der Waals surface area contributed by atoms with Gasteiger partial charge >= 0.3 is 0 Å². The second-order valence-electron chi connectivity index (χ2n) is 9.07. The van der Waals surface area contributed by atoms with E-state index in [0.29, 0.717) is 5.75 Å². The van der Waals surface area contributed by atoms with Gasteiger partial charge in [0.25, 0.3) is 0 Å². The smallest absolute Gasteiger partial charge is 0.155 e. The lowest BCUT2D eigenvalue weighted by molar-refractivity contribution is 0.414. The predicted molar refractivity (Wildman–Crippen MR) is 168 cm³/mol. The van der Waals surface area contributed by atoms with E-state index >= 15 is 0 Å². The van der Waals surface area contributed by atoms with Gasteiger partial charge in [0.2, 0.25) is 0 Å². The summed E-state index contributed by atoms with van der Waals surface area (Å²) in [5, 5.41) is 9.56. The van der Waals surface area contributed by atoms with Gasteiger partial charge in [-0.15, -0.1) is 0 Å². The summed E-state index contributed by atoms with van der Waals surface area (Å²) in [6, 6.07) is 47.7. The Bertz CT molecular complexity index is 1300. The third kappa shape index (κ3) is 9.90. The van der Waals surface area contributed by atoms with Crippen LogP contribution in [-0.4, -0.2) is 12.2 Å². The largest absolute Gasteiger partial charge is 0.508 e. The number of phenols is 1. The van der Waals surface area contributed by atoms with Crippen molar-refractivity contribution in [3.8, 4) is 11.5 Å². The fourth-order valence-corrected chi connectivity index (χ4v) is 7.09. The normalized spacial score (nSPS) is 11.2. The number of hydrogen-bond donors (Lipinski definition) is 1. The molecule has 0 amide bonds. The fraction of sp³-hybridized carbons (Fsp3) is 0.143. The zero-order valence-corrected chi connectivity index (χ0v) is 23.9. The summed E-state index contributed by atoms with van der Waals surface area (Å²) in [6.07, 6.45) is 0. The fourth-order valence-electron chi connectivity index (χ4n) is 3.99. The van der Waals surface area contributed by atoms with Crippen LogP contribution in [-0.2, 0) is 33.9 Å². The van der Waals surface area contributed by atoms with E-state index in [0.717, 1.165) is 28.8 Å². The van der Waals surface area contributed by atoms with Gasteiger partial charge in [-0.1, -0.05) is 103 Å². The van der Waals surface area contributed by atoms with E-state index in [2.05, 4.69) is 97.1 Å². The third-order valence-corrected chi connectivity index (χ3v) is 9.45. The summed E-state index contributed by atoms with van der Waals surface area (Å²) in [7, 11) is 1.73. The lowest BCUT2D eigenvalue weighted by atomic mass is 10.2. The molecular weight excluding hydrogens is 517 g/mol. The summed E-state index contributed by atoms with van der Waals surface area (Å²) in [5.74, 6) is 5.35. The molecule has 0 aliphatic rings. The lowest BCUT2D eigenvalue weighted by Gasteiger charge is -2.10. The van der Waals surface area contributed by atoms with E-state index in [4.69, 9.17) is 4.74 Å². The maximum absolute atomic E-state index is 9.56. The van der Waals surface area contributed by atoms with Crippen molar-refractivity contribution in [1.29, 1.82) is 0 Å². The number of rotatable bonds is 10. The van der Waals surface area contributed by atoms with E-state index < -0.39 is 0 Å². The highest BCUT2D eigenvalue weighted by atomic mass is 32.2. The van der Waals surface area contributed by atoms with Gasteiger partial charge in [-0.2, -0.15) is 11.8 Å². The highest BCUT2D eigenvalue weighted by Crippen LogP contribution is 2.26. The van der Waals surface area contributed by atoms with Crippen LogP contribution in [0, 0.1) is 0 Å². The van der Waals surface area contributed by atoms with Crippen molar-refractivity contribution >= 4 is 22.7 Å². The number of aromatic hydroxyl groups is 1. The van der Waals surface area contributed by atoms with Crippen LogP contribution in [0.2, 0.25) is 0 Å². The van der Waals surface area contributed by atoms with Crippen molar-refractivity contribution in [2.24, 2.45) is 0 Å². The molecule has 0 radical (unpaired) electrons. The number of methoxy groups -OCH3 is 1. The van der Waals surface area contributed by atoms with Gasteiger partial charge in [-0.3, -0.25) is 0 Å². The van der Waals surface area contributed by atoms with Crippen LogP contribution < -0.4 is 4.74 Å². The number of ether oxygens (including phenoxy) is 1. The van der Waals surface area contributed by atoms with E-state index in [1.807, 2.05) is 42.1 Å². The molecule has 0 saturated heterocycles. The monoisotopic (exact) mass is 551 g/mol. The molecular formula is C35H35O2S2+. The van der Waals surface area contributed by atoms with E-state index in [1.165, 1.54) is 27.1 Å².